The van der Waals surface area contributed by atoms with E-state index in [1.165, 1.54) is 0 Å². The summed E-state index contributed by atoms with van der Waals surface area (Å²) in [7, 11) is 0. The van der Waals surface area contributed by atoms with E-state index in [1.54, 1.807) is 4.90 Å². The van der Waals surface area contributed by atoms with Crippen LogP contribution in [-0.2, 0) is 16.1 Å². The Morgan fingerprint density at radius 1 is 1.08 bits per heavy atom. The number of ketones is 1. The zero-order chi connectivity index (χ0) is 18.2. The Morgan fingerprint density at radius 2 is 1.71 bits per heavy atom. The molecule has 0 saturated carbocycles. The summed E-state index contributed by atoms with van der Waals surface area (Å²) in [6, 6.07) is 9.76. The minimum absolute atomic E-state index is 0.199. The largest absolute Gasteiger partial charge is 0.444 e. The maximum absolute atomic E-state index is 12.4. The van der Waals surface area contributed by atoms with E-state index >= 15 is 0 Å². The molecule has 0 unspecified atom stereocenters. The van der Waals surface area contributed by atoms with Crippen LogP contribution in [0.3, 0.4) is 0 Å². The monoisotopic (exact) mass is 333 g/mol. The van der Waals surface area contributed by atoms with E-state index in [9.17, 15) is 9.59 Å². The highest BCUT2D eigenvalue weighted by atomic mass is 16.6. The van der Waals surface area contributed by atoms with Crippen molar-refractivity contribution >= 4 is 11.9 Å². The van der Waals surface area contributed by atoms with Gasteiger partial charge < -0.3 is 9.64 Å². The van der Waals surface area contributed by atoms with E-state index in [0.29, 0.717) is 31.8 Å². The molecule has 0 spiro atoms. The molecule has 24 heavy (non-hydrogen) atoms. The van der Waals surface area contributed by atoms with Crippen molar-refractivity contribution in [2.24, 2.45) is 5.92 Å². The molecule has 134 valence electrons. The van der Waals surface area contributed by atoms with Gasteiger partial charge >= 0.3 is 6.09 Å². The first-order valence-corrected chi connectivity index (χ1v) is 8.71. The predicted octanol–water partition coefficient (Wildman–Crippen LogP) is 4.82. The van der Waals surface area contributed by atoms with E-state index in [1.807, 2.05) is 51.1 Å². The summed E-state index contributed by atoms with van der Waals surface area (Å²) in [6.07, 6.45) is 1.47. The van der Waals surface area contributed by atoms with Gasteiger partial charge in [-0.25, -0.2) is 4.79 Å². The number of hydrogen-bond donors (Lipinski definition) is 0. The van der Waals surface area contributed by atoms with Crippen LogP contribution in [0.25, 0.3) is 0 Å². The lowest BCUT2D eigenvalue weighted by Gasteiger charge is -2.27. The molecule has 0 radical (unpaired) electrons. The van der Waals surface area contributed by atoms with Crippen LogP contribution in [0.4, 0.5) is 4.79 Å². The Morgan fingerprint density at radius 3 is 2.25 bits per heavy atom. The van der Waals surface area contributed by atoms with Crippen molar-refractivity contribution in [2.75, 3.05) is 6.54 Å². The predicted molar refractivity (Wildman–Crippen MR) is 96.8 cm³/mol. The highest BCUT2D eigenvalue weighted by molar-refractivity contribution is 5.79. The highest BCUT2D eigenvalue weighted by Gasteiger charge is 2.22. The number of rotatable bonds is 8. The van der Waals surface area contributed by atoms with Gasteiger partial charge in [0.1, 0.15) is 11.4 Å². The maximum atomic E-state index is 12.4. The van der Waals surface area contributed by atoms with Crippen molar-refractivity contribution in [1.29, 1.82) is 0 Å². The van der Waals surface area contributed by atoms with Crippen LogP contribution in [-0.4, -0.2) is 28.9 Å². The molecule has 0 atom stereocenters. The number of amides is 1. The van der Waals surface area contributed by atoms with Crippen LogP contribution in [0.1, 0.15) is 59.4 Å². The van der Waals surface area contributed by atoms with Crippen molar-refractivity contribution in [3.05, 3.63) is 35.9 Å². The summed E-state index contributed by atoms with van der Waals surface area (Å²) in [6.45, 7) is 10.6. The molecule has 0 aliphatic rings. The summed E-state index contributed by atoms with van der Waals surface area (Å²) < 4.78 is 5.48. The smallest absolute Gasteiger partial charge is 0.410 e. The van der Waals surface area contributed by atoms with Gasteiger partial charge in [-0.15, -0.1) is 0 Å². The molecule has 1 aromatic rings. The Balaban J connectivity index is 2.67. The van der Waals surface area contributed by atoms with Crippen LogP contribution < -0.4 is 0 Å². The van der Waals surface area contributed by atoms with Gasteiger partial charge in [-0.2, -0.15) is 0 Å². The fraction of sp³-hybridized carbons (Fsp3) is 0.600. The van der Waals surface area contributed by atoms with Gasteiger partial charge in [-0.1, -0.05) is 44.2 Å². The average Bonchev–Trinajstić information content (AvgIpc) is 2.48. The van der Waals surface area contributed by atoms with Crippen molar-refractivity contribution in [3.8, 4) is 0 Å². The fourth-order valence-corrected chi connectivity index (χ4v) is 2.20. The second kappa shape index (κ2) is 9.45. The Kier molecular flexibility index (Phi) is 7.96. The normalized spacial score (nSPS) is 11.4. The molecule has 1 aromatic carbocycles. The molecule has 0 aliphatic carbocycles. The first-order valence-electron chi connectivity index (χ1n) is 8.71. The molecule has 0 aromatic heterocycles. The number of Topliss-reactive ketones (excluding diaryl/α,β-unsaturated/α-hetero) is 1. The molecule has 4 heteroatoms. The summed E-state index contributed by atoms with van der Waals surface area (Å²) in [4.78, 5) is 26.1. The third kappa shape index (κ3) is 8.70. The highest BCUT2D eigenvalue weighted by Crippen LogP contribution is 2.14. The molecule has 0 aliphatic heterocycles. The number of carbonyl (C=O) groups is 2. The number of benzene rings is 1. The molecular formula is C20H31NO3. The van der Waals surface area contributed by atoms with Crippen LogP contribution in [0, 0.1) is 5.92 Å². The summed E-state index contributed by atoms with van der Waals surface area (Å²) in [5.41, 5.74) is 0.478. The Labute approximate surface area is 146 Å². The Hall–Kier alpha value is -1.84. The first-order chi connectivity index (χ1) is 11.2. The molecule has 0 heterocycles. The molecule has 1 amide bonds. The van der Waals surface area contributed by atoms with Crippen molar-refractivity contribution in [2.45, 2.75) is 66.0 Å². The van der Waals surface area contributed by atoms with Crippen LogP contribution in [0.5, 0.6) is 0 Å². The standard InChI is InChI=1S/C20H31NO3/c1-16(2)11-12-18(22)13-14-21(19(23)24-20(3,4)5)15-17-9-7-6-8-10-17/h6-10,16H,11-15H2,1-5H3. The number of hydrogen-bond acceptors (Lipinski definition) is 3. The lowest BCUT2D eigenvalue weighted by molar-refractivity contribution is -0.119. The second-order valence-corrected chi connectivity index (χ2v) is 7.61. The van der Waals surface area contributed by atoms with Gasteiger partial charge in [0.2, 0.25) is 0 Å². The van der Waals surface area contributed by atoms with Gasteiger partial charge in [-0.3, -0.25) is 4.79 Å². The third-order valence-corrected chi connectivity index (χ3v) is 3.53. The van der Waals surface area contributed by atoms with Gasteiger partial charge in [-0.05, 0) is 38.7 Å². The van der Waals surface area contributed by atoms with E-state index in [-0.39, 0.29) is 11.9 Å². The topological polar surface area (TPSA) is 46.6 Å². The van der Waals surface area contributed by atoms with E-state index in [4.69, 9.17) is 4.74 Å². The van der Waals surface area contributed by atoms with Crippen molar-refractivity contribution in [3.63, 3.8) is 0 Å². The summed E-state index contributed by atoms with van der Waals surface area (Å²) >= 11 is 0. The molecule has 1 rings (SSSR count). The third-order valence-electron chi connectivity index (χ3n) is 3.53. The minimum atomic E-state index is -0.548. The molecule has 0 fully saturated rings. The van der Waals surface area contributed by atoms with E-state index < -0.39 is 5.60 Å². The SMILES string of the molecule is CC(C)CCC(=O)CCN(Cc1ccccc1)C(=O)OC(C)(C)C. The van der Waals surface area contributed by atoms with E-state index in [0.717, 1.165) is 12.0 Å². The fourth-order valence-electron chi connectivity index (χ4n) is 2.20. The zero-order valence-corrected chi connectivity index (χ0v) is 15.7. The van der Waals surface area contributed by atoms with Gasteiger partial charge in [0, 0.05) is 25.9 Å². The van der Waals surface area contributed by atoms with Gasteiger partial charge in [0.15, 0.2) is 0 Å². The number of nitrogens with zero attached hydrogens (tertiary/aromatic N) is 1. The van der Waals surface area contributed by atoms with Crippen LogP contribution >= 0.6 is 0 Å². The Bertz CT molecular complexity index is 517. The second-order valence-electron chi connectivity index (χ2n) is 7.61. The number of ether oxygens (including phenoxy) is 1. The molecule has 0 bridgehead atoms. The summed E-state index contributed by atoms with van der Waals surface area (Å²) in [5.74, 6) is 0.713. The molecule has 0 saturated heterocycles. The van der Waals surface area contributed by atoms with Gasteiger partial charge in [0.05, 0.1) is 0 Å². The maximum Gasteiger partial charge on any atom is 0.410 e. The molecule has 4 nitrogen and oxygen atoms in total. The number of carbonyl (C=O) groups excluding carboxylic acids is 2. The minimum Gasteiger partial charge on any atom is -0.444 e. The van der Waals surface area contributed by atoms with Crippen molar-refractivity contribution in [1.82, 2.24) is 4.90 Å². The average molecular weight is 333 g/mol. The lowest BCUT2D eigenvalue weighted by Crippen LogP contribution is -2.37. The summed E-state index contributed by atoms with van der Waals surface area (Å²) in [5, 5.41) is 0. The first kappa shape index (κ1) is 20.2. The van der Waals surface area contributed by atoms with E-state index in [2.05, 4.69) is 13.8 Å². The van der Waals surface area contributed by atoms with Crippen LogP contribution in [0.15, 0.2) is 30.3 Å². The quantitative estimate of drug-likeness (QED) is 0.685. The van der Waals surface area contributed by atoms with Gasteiger partial charge in [0.25, 0.3) is 0 Å². The molecule has 0 N–H and O–H groups in total. The zero-order valence-electron chi connectivity index (χ0n) is 15.7. The lowest BCUT2D eigenvalue weighted by atomic mass is 10.0. The molecular weight excluding hydrogens is 302 g/mol. The van der Waals surface area contributed by atoms with Crippen molar-refractivity contribution < 1.29 is 14.3 Å². The van der Waals surface area contributed by atoms with Crippen LogP contribution in [0.2, 0.25) is 0 Å².